The van der Waals surface area contributed by atoms with E-state index in [1.807, 2.05) is 19.1 Å². The van der Waals surface area contributed by atoms with Crippen molar-refractivity contribution in [1.29, 1.82) is 0 Å². The van der Waals surface area contributed by atoms with Crippen molar-refractivity contribution in [3.8, 4) is 11.5 Å². The minimum Gasteiger partial charge on any atom is -0.494 e. The average molecular weight is 211 g/mol. The minimum absolute atomic E-state index is 0.205. The van der Waals surface area contributed by atoms with E-state index in [2.05, 4.69) is 0 Å². The molecule has 1 unspecified atom stereocenters. The van der Waals surface area contributed by atoms with Gasteiger partial charge in [0.15, 0.2) is 0 Å². The third-order valence-electron chi connectivity index (χ3n) is 1.85. The number of aliphatic hydroxyl groups is 1. The Morgan fingerprint density at radius 2 is 1.73 bits per heavy atom. The van der Waals surface area contributed by atoms with Gasteiger partial charge in [-0.05, 0) is 31.2 Å². The van der Waals surface area contributed by atoms with Crippen molar-refractivity contribution in [3.63, 3.8) is 0 Å². The molecule has 1 atom stereocenters. The van der Waals surface area contributed by atoms with Crippen molar-refractivity contribution in [2.45, 2.75) is 13.0 Å². The van der Waals surface area contributed by atoms with Crippen LogP contribution >= 0.6 is 0 Å². The van der Waals surface area contributed by atoms with Crippen LogP contribution in [0.15, 0.2) is 24.3 Å². The molecule has 84 valence electrons. The summed E-state index contributed by atoms with van der Waals surface area (Å²) in [5.74, 6) is 1.51. The highest BCUT2D eigenvalue weighted by molar-refractivity contribution is 5.31. The Kier molecular flexibility index (Phi) is 4.93. The first kappa shape index (κ1) is 11.8. The molecule has 0 bridgehead atoms. The third-order valence-corrected chi connectivity index (χ3v) is 1.85. The molecule has 0 amide bonds. The van der Waals surface area contributed by atoms with Crippen molar-refractivity contribution in [2.75, 3.05) is 19.8 Å². The smallest absolute Gasteiger partial charge is 0.119 e. The predicted molar refractivity (Wildman–Crippen MR) is 58.2 cm³/mol. The molecule has 0 radical (unpaired) electrons. The lowest BCUT2D eigenvalue weighted by Gasteiger charge is -2.10. The molecule has 1 aromatic carbocycles. The molecular weight excluding hydrogens is 194 g/mol. The molecule has 0 saturated carbocycles. The molecule has 3 N–H and O–H groups in total. The monoisotopic (exact) mass is 211 g/mol. The van der Waals surface area contributed by atoms with Gasteiger partial charge in [-0.1, -0.05) is 0 Å². The van der Waals surface area contributed by atoms with Crippen molar-refractivity contribution in [2.24, 2.45) is 5.73 Å². The van der Waals surface area contributed by atoms with Crippen LogP contribution in [0.1, 0.15) is 6.92 Å². The minimum atomic E-state index is -0.614. The molecule has 0 fully saturated rings. The lowest BCUT2D eigenvalue weighted by atomic mass is 10.3. The summed E-state index contributed by atoms with van der Waals surface area (Å²) in [5, 5.41) is 9.18. The molecule has 4 nitrogen and oxygen atoms in total. The Bertz CT molecular complexity index is 274. The number of rotatable bonds is 6. The Balaban J connectivity index is 2.42. The molecule has 0 heterocycles. The van der Waals surface area contributed by atoms with E-state index in [9.17, 15) is 5.11 Å². The molecule has 4 heteroatoms. The number of hydrogen-bond acceptors (Lipinski definition) is 4. The van der Waals surface area contributed by atoms with Crippen LogP contribution in [0.4, 0.5) is 0 Å². The summed E-state index contributed by atoms with van der Waals surface area (Å²) in [7, 11) is 0. The van der Waals surface area contributed by atoms with Gasteiger partial charge in [-0.15, -0.1) is 0 Å². The summed E-state index contributed by atoms with van der Waals surface area (Å²) in [6.45, 7) is 3.00. The first-order chi connectivity index (χ1) is 7.26. The summed E-state index contributed by atoms with van der Waals surface area (Å²) >= 11 is 0. The summed E-state index contributed by atoms with van der Waals surface area (Å²) < 4.78 is 10.6. The second kappa shape index (κ2) is 6.27. The van der Waals surface area contributed by atoms with Gasteiger partial charge >= 0.3 is 0 Å². The van der Waals surface area contributed by atoms with E-state index in [0.717, 1.165) is 5.75 Å². The molecule has 1 rings (SSSR count). The maximum Gasteiger partial charge on any atom is 0.119 e. The topological polar surface area (TPSA) is 64.7 Å². The number of ether oxygens (including phenoxy) is 2. The first-order valence-corrected chi connectivity index (χ1v) is 5.00. The number of benzene rings is 1. The van der Waals surface area contributed by atoms with Crippen LogP contribution in [-0.4, -0.2) is 31.0 Å². The van der Waals surface area contributed by atoms with Crippen LogP contribution in [0.3, 0.4) is 0 Å². The zero-order valence-corrected chi connectivity index (χ0v) is 8.85. The maximum absolute atomic E-state index is 9.18. The van der Waals surface area contributed by atoms with E-state index in [-0.39, 0.29) is 13.2 Å². The van der Waals surface area contributed by atoms with Crippen LogP contribution in [0, 0.1) is 0 Å². The number of aliphatic hydroxyl groups excluding tert-OH is 1. The Labute approximate surface area is 89.6 Å². The van der Waals surface area contributed by atoms with Gasteiger partial charge in [0.1, 0.15) is 24.2 Å². The molecule has 1 aromatic rings. The molecule has 15 heavy (non-hydrogen) atoms. The van der Waals surface area contributed by atoms with E-state index < -0.39 is 6.10 Å². The van der Waals surface area contributed by atoms with E-state index in [1.54, 1.807) is 12.1 Å². The zero-order chi connectivity index (χ0) is 11.1. The van der Waals surface area contributed by atoms with Crippen molar-refractivity contribution in [1.82, 2.24) is 0 Å². The maximum atomic E-state index is 9.18. The van der Waals surface area contributed by atoms with Crippen LogP contribution in [0.25, 0.3) is 0 Å². The van der Waals surface area contributed by atoms with Crippen molar-refractivity contribution < 1.29 is 14.6 Å². The second-order valence-corrected chi connectivity index (χ2v) is 3.10. The summed E-state index contributed by atoms with van der Waals surface area (Å²) in [5.41, 5.74) is 5.25. The molecule has 0 aliphatic rings. The van der Waals surface area contributed by atoms with Gasteiger partial charge in [0, 0.05) is 6.54 Å². The quantitative estimate of drug-likeness (QED) is 0.730. The van der Waals surface area contributed by atoms with Crippen molar-refractivity contribution in [3.05, 3.63) is 24.3 Å². The zero-order valence-electron chi connectivity index (χ0n) is 8.85. The molecule has 0 spiro atoms. The van der Waals surface area contributed by atoms with Gasteiger partial charge in [-0.3, -0.25) is 0 Å². The molecule has 0 aliphatic heterocycles. The molecular formula is C11H17NO3. The van der Waals surface area contributed by atoms with E-state index in [1.165, 1.54) is 0 Å². The highest BCUT2D eigenvalue weighted by Gasteiger charge is 2.02. The Morgan fingerprint density at radius 1 is 1.20 bits per heavy atom. The molecule has 0 aliphatic carbocycles. The molecule has 0 aromatic heterocycles. The fourth-order valence-electron chi connectivity index (χ4n) is 1.06. The van der Waals surface area contributed by atoms with Gasteiger partial charge in [0.05, 0.1) is 6.61 Å². The van der Waals surface area contributed by atoms with Crippen molar-refractivity contribution >= 4 is 0 Å². The highest BCUT2D eigenvalue weighted by Crippen LogP contribution is 2.17. The Hall–Kier alpha value is -1.26. The van der Waals surface area contributed by atoms with Crippen LogP contribution in [0.5, 0.6) is 11.5 Å². The van der Waals surface area contributed by atoms with Gasteiger partial charge in [-0.2, -0.15) is 0 Å². The summed E-state index contributed by atoms with van der Waals surface area (Å²) in [6.07, 6.45) is -0.614. The number of hydrogen-bond donors (Lipinski definition) is 2. The fraction of sp³-hybridized carbons (Fsp3) is 0.455. The second-order valence-electron chi connectivity index (χ2n) is 3.10. The lowest BCUT2D eigenvalue weighted by molar-refractivity contribution is 0.114. The lowest BCUT2D eigenvalue weighted by Crippen LogP contribution is -2.26. The Morgan fingerprint density at radius 3 is 2.20 bits per heavy atom. The summed E-state index contributed by atoms with van der Waals surface area (Å²) in [6, 6.07) is 7.25. The largest absolute Gasteiger partial charge is 0.494 e. The van der Waals surface area contributed by atoms with Gasteiger partial charge in [0.2, 0.25) is 0 Å². The van der Waals surface area contributed by atoms with Crippen LogP contribution in [0.2, 0.25) is 0 Å². The van der Waals surface area contributed by atoms with Crippen LogP contribution < -0.4 is 15.2 Å². The third kappa shape index (κ3) is 4.18. The number of nitrogens with two attached hydrogens (primary N) is 1. The fourth-order valence-corrected chi connectivity index (χ4v) is 1.06. The molecule has 0 saturated heterocycles. The van der Waals surface area contributed by atoms with Crippen LogP contribution in [-0.2, 0) is 0 Å². The predicted octanol–water partition coefficient (Wildman–Crippen LogP) is 0.784. The van der Waals surface area contributed by atoms with Gasteiger partial charge in [-0.25, -0.2) is 0 Å². The van der Waals surface area contributed by atoms with E-state index in [0.29, 0.717) is 12.4 Å². The van der Waals surface area contributed by atoms with Gasteiger partial charge in [0.25, 0.3) is 0 Å². The normalized spacial score (nSPS) is 12.2. The highest BCUT2D eigenvalue weighted by atomic mass is 16.5. The SMILES string of the molecule is CCOc1ccc(OCC(O)CN)cc1. The van der Waals surface area contributed by atoms with E-state index >= 15 is 0 Å². The average Bonchev–Trinajstić information content (AvgIpc) is 2.28. The first-order valence-electron chi connectivity index (χ1n) is 5.00. The summed E-state index contributed by atoms with van der Waals surface area (Å²) in [4.78, 5) is 0. The van der Waals surface area contributed by atoms with Gasteiger partial charge < -0.3 is 20.3 Å². The standard InChI is InChI=1S/C11H17NO3/c1-2-14-10-3-5-11(6-4-10)15-8-9(13)7-12/h3-6,9,13H,2,7-8,12H2,1H3. The van der Waals surface area contributed by atoms with E-state index in [4.69, 9.17) is 15.2 Å².